The van der Waals surface area contributed by atoms with Gasteiger partial charge in [-0.25, -0.2) is 9.59 Å². The molecule has 0 saturated heterocycles. The summed E-state index contributed by atoms with van der Waals surface area (Å²) in [5.41, 5.74) is 6.42. The molecular weight excluding hydrogens is 534 g/mol. The number of aliphatic carboxylic acids is 1. The van der Waals surface area contributed by atoms with E-state index in [4.69, 9.17) is 29.4 Å². The Morgan fingerprint density at radius 1 is 0.805 bits per heavy atom. The second-order valence-electron chi connectivity index (χ2n) is 11.2. The summed E-state index contributed by atoms with van der Waals surface area (Å²) in [6.07, 6.45) is -2.07. The Morgan fingerprint density at radius 2 is 1.32 bits per heavy atom. The molecule has 0 aliphatic rings. The van der Waals surface area contributed by atoms with Gasteiger partial charge in [0.25, 0.3) is 0 Å². The van der Waals surface area contributed by atoms with Crippen LogP contribution in [0.4, 0.5) is 9.59 Å². The molecule has 0 radical (unpaired) electrons. The van der Waals surface area contributed by atoms with E-state index in [9.17, 15) is 24.3 Å². The van der Waals surface area contributed by atoms with Crippen molar-refractivity contribution in [2.75, 3.05) is 0 Å². The van der Waals surface area contributed by atoms with Crippen molar-refractivity contribution in [2.45, 2.75) is 112 Å². The van der Waals surface area contributed by atoms with E-state index in [0.29, 0.717) is 12.0 Å². The number of nitrogens with two attached hydrogens (primary N) is 1. The number of carboxylic acids is 1. The Morgan fingerprint density at radius 3 is 1.78 bits per heavy atom. The van der Waals surface area contributed by atoms with Crippen molar-refractivity contribution in [1.29, 1.82) is 0 Å². The fourth-order valence-electron chi connectivity index (χ4n) is 3.66. The molecule has 6 atom stereocenters. The highest BCUT2D eigenvalue weighted by molar-refractivity contribution is 5.75. The van der Waals surface area contributed by atoms with Crippen LogP contribution in [-0.2, 0) is 23.8 Å². The summed E-state index contributed by atoms with van der Waals surface area (Å²) in [7, 11) is 0. The summed E-state index contributed by atoms with van der Waals surface area (Å²) >= 11 is 0. The molecule has 0 aliphatic carbocycles. The fraction of sp³-hybridized carbons (Fsp3) is 0.667. The van der Waals surface area contributed by atoms with Crippen LogP contribution in [0.1, 0.15) is 93.1 Å². The van der Waals surface area contributed by atoms with Crippen molar-refractivity contribution in [2.24, 2.45) is 23.5 Å². The van der Waals surface area contributed by atoms with Crippen LogP contribution in [0.15, 0.2) is 18.2 Å². The van der Waals surface area contributed by atoms with Crippen LogP contribution < -0.4 is 15.2 Å². The second kappa shape index (κ2) is 16.8. The molecule has 0 saturated carbocycles. The Hall–Kier alpha value is -3.34. The molecule has 1 aromatic rings. The number of hydrogen-bond donors (Lipinski definition) is 2. The number of esters is 1. The highest BCUT2D eigenvalue weighted by atomic mass is 16.7. The quantitative estimate of drug-likeness (QED) is 0.141. The number of rotatable bonds is 15. The number of carbonyl (C=O) groups is 4. The zero-order chi connectivity index (χ0) is 31.4. The molecule has 1 rings (SSSR count). The van der Waals surface area contributed by atoms with E-state index in [0.717, 1.165) is 6.42 Å². The minimum absolute atomic E-state index is 0.0132. The van der Waals surface area contributed by atoms with Crippen molar-refractivity contribution in [1.82, 2.24) is 0 Å². The highest BCUT2D eigenvalue weighted by Gasteiger charge is 2.31. The molecule has 1 aromatic carbocycles. The van der Waals surface area contributed by atoms with Crippen molar-refractivity contribution < 1.29 is 48.0 Å². The second-order valence-corrected chi connectivity index (χ2v) is 11.2. The van der Waals surface area contributed by atoms with Gasteiger partial charge in [-0.2, -0.15) is 0 Å². The summed E-state index contributed by atoms with van der Waals surface area (Å²) in [5, 5.41) is 9.71. The zero-order valence-electron chi connectivity index (χ0n) is 25.7. The van der Waals surface area contributed by atoms with Gasteiger partial charge >= 0.3 is 24.2 Å². The van der Waals surface area contributed by atoms with Crippen molar-refractivity contribution in [3.63, 3.8) is 0 Å². The third-order valence-corrected chi connectivity index (χ3v) is 6.97. The fourth-order valence-corrected chi connectivity index (χ4v) is 3.66. The van der Waals surface area contributed by atoms with E-state index in [1.54, 1.807) is 27.7 Å². The molecule has 0 fully saturated rings. The molecule has 0 heterocycles. The average molecular weight is 582 g/mol. The summed E-state index contributed by atoms with van der Waals surface area (Å²) in [5.74, 6) is -3.10. The first kappa shape index (κ1) is 35.7. The van der Waals surface area contributed by atoms with Crippen LogP contribution in [0.25, 0.3) is 0 Å². The number of carbonyl (C=O) groups excluding carboxylic acids is 3. The van der Waals surface area contributed by atoms with Gasteiger partial charge in [0, 0.05) is 5.92 Å². The minimum atomic E-state index is -1.38. The summed E-state index contributed by atoms with van der Waals surface area (Å²) in [4.78, 5) is 49.4. The molecular formula is C30H47NO10. The van der Waals surface area contributed by atoms with Crippen LogP contribution in [-0.4, -0.2) is 53.7 Å². The lowest BCUT2D eigenvalue weighted by Gasteiger charge is -2.26. The molecule has 11 heteroatoms. The van der Waals surface area contributed by atoms with Crippen LogP contribution in [0.2, 0.25) is 0 Å². The molecule has 0 aliphatic heterocycles. The first-order valence-corrected chi connectivity index (χ1v) is 14.2. The Bertz CT molecular complexity index is 1020. The van der Waals surface area contributed by atoms with Crippen LogP contribution in [0.3, 0.4) is 0 Å². The minimum Gasteiger partial charge on any atom is -0.480 e. The number of ether oxygens (including phenoxy) is 5. The van der Waals surface area contributed by atoms with E-state index >= 15 is 0 Å². The van der Waals surface area contributed by atoms with Crippen LogP contribution in [0, 0.1) is 17.8 Å². The molecule has 3 N–H and O–H groups in total. The molecule has 232 valence electrons. The Labute approximate surface area is 243 Å². The van der Waals surface area contributed by atoms with Gasteiger partial charge in [0.15, 0.2) is 11.5 Å². The third-order valence-electron chi connectivity index (χ3n) is 6.97. The van der Waals surface area contributed by atoms with Gasteiger partial charge in [0.05, 0.1) is 12.0 Å². The van der Waals surface area contributed by atoms with Gasteiger partial charge in [-0.05, 0) is 63.1 Å². The lowest BCUT2D eigenvalue weighted by atomic mass is 9.87. The van der Waals surface area contributed by atoms with E-state index in [-0.39, 0.29) is 41.6 Å². The first-order valence-electron chi connectivity index (χ1n) is 14.2. The predicted molar refractivity (Wildman–Crippen MR) is 152 cm³/mol. The van der Waals surface area contributed by atoms with Gasteiger partial charge in [0.2, 0.25) is 0 Å². The lowest BCUT2D eigenvalue weighted by molar-refractivity contribution is -0.153. The first-order chi connectivity index (χ1) is 19.1. The number of carboxylic acid groups (broad SMARTS) is 1. The van der Waals surface area contributed by atoms with Crippen LogP contribution in [0.5, 0.6) is 11.5 Å². The van der Waals surface area contributed by atoms with Gasteiger partial charge < -0.3 is 34.5 Å². The van der Waals surface area contributed by atoms with E-state index in [2.05, 4.69) is 0 Å². The standard InChI is InChI=1S/C30H47NO10/c1-10-11-18(6)28(34)37-19(7)14-23(26(31)27(32)33)22-12-13-24(40-29(35)38-20(8)16(2)3)25(15-22)41-30(36)39-21(9)17(4)5/h12-13,15-21,23,26H,10-11,14,31H2,1-9H3,(H,32,33)/t18?,19?,20?,21?,23?,26-/m0/s1. The molecule has 41 heavy (non-hydrogen) atoms. The average Bonchev–Trinajstić information content (AvgIpc) is 2.87. The summed E-state index contributed by atoms with van der Waals surface area (Å²) in [6.45, 7) is 16.3. The van der Waals surface area contributed by atoms with E-state index in [1.165, 1.54) is 18.2 Å². The maximum Gasteiger partial charge on any atom is 0.514 e. The largest absolute Gasteiger partial charge is 0.514 e. The molecule has 11 nitrogen and oxygen atoms in total. The Kier molecular flexibility index (Phi) is 14.6. The third kappa shape index (κ3) is 12.0. The maximum atomic E-state index is 12.6. The van der Waals surface area contributed by atoms with E-state index in [1.807, 2.05) is 34.6 Å². The SMILES string of the molecule is CCCC(C)C(=O)OC(C)CC(c1ccc(OC(=O)OC(C)C(C)C)c(OC(=O)OC(C)C(C)C)c1)[C@H](N)C(=O)O. The van der Waals surface area contributed by atoms with Gasteiger partial charge in [-0.3, -0.25) is 9.59 Å². The molecule has 5 unspecified atom stereocenters. The monoisotopic (exact) mass is 581 g/mol. The zero-order valence-corrected chi connectivity index (χ0v) is 25.7. The topological polar surface area (TPSA) is 161 Å². The lowest BCUT2D eigenvalue weighted by Crippen LogP contribution is -2.38. The van der Waals surface area contributed by atoms with E-state index < -0.39 is 48.6 Å². The van der Waals surface area contributed by atoms with Crippen molar-refractivity contribution in [3.8, 4) is 11.5 Å². The maximum absolute atomic E-state index is 12.6. The number of hydrogen-bond acceptors (Lipinski definition) is 10. The smallest absolute Gasteiger partial charge is 0.480 e. The molecule has 0 amide bonds. The number of benzene rings is 1. The van der Waals surface area contributed by atoms with Gasteiger partial charge in [-0.1, -0.05) is 54.0 Å². The predicted octanol–water partition coefficient (Wildman–Crippen LogP) is 6.06. The van der Waals surface area contributed by atoms with Crippen molar-refractivity contribution >= 4 is 24.2 Å². The van der Waals surface area contributed by atoms with Crippen LogP contribution >= 0.6 is 0 Å². The Balaban J connectivity index is 3.38. The highest BCUT2D eigenvalue weighted by Crippen LogP contribution is 2.35. The summed E-state index contributed by atoms with van der Waals surface area (Å²) < 4.78 is 26.9. The van der Waals surface area contributed by atoms with Gasteiger partial charge in [0.1, 0.15) is 18.2 Å². The molecule has 0 aromatic heterocycles. The molecule has 0 spiro atoms. The van der Waals surface area contributed by atoms with Gasteiger partial charge in [-0.15, -0.1) is 0 Å². The summed E-state index contributed by atoms with van der Waals surface area (Å²) in [6, 6.07) is 2.84. The molecule has 0 bridgehead atoms. The van der Waals surface area contributed by atoms with Crippen molar-refractivity contribution in [3.05, 3.63) is 23.8 Å². The normalized spacial score (nSPS) is 15.7.